The highest BCUT2D eigenvalue weighted by Gasteiger charge is 2.26. The Labute approximate surface area is 143 Å². The van der Waals surface area contributed by atoms with E-state index in [1.807, 2.05) is 12.1 Å². The van der Waals surface area contributed by atoms with E-state index in [9.17, 15) is 4.79 Å². The number of ether oxygens (including phenoxy) is 1. The standard InChI is InChI=1S/C18H25ClN2O2/c19-16-5-3-14(4-6-16)17(21-9-1-2-10-21)13-20-18(22)15-7-11-23-12-8-15/h3-6,15,17H,1-2,7-13H2,(H,20,22)/t17-/m0/s1. The van der Waals surface area contributed by atoms with Gasteiger partial charge in [-0.25, -0.2) is 0 Å². The number of halogens is 1. The quantitative estimate of drug-likeness (QED) is 0.898. The van der Waals surface area contributed by atoms with E-state index in [0.717, 1.165) is 31.0 Å². The summed E-state index contributed by atoms with van der Waals surface area (Å²) in [6.07, 6.45) is 4.14. The van der Waals surface area contributed by atoms with Crippen LogP contribution in [0.3, 0.4) is 0 Å². The SMILES string of the molecule is O=C(NC[C@@H](c1ccc(Cl)cc1)N1CCCC1)C1CCOCC1. The number of rotatable bonds is 5. The van der Waals surface area contributed by atoms with E-state index in [1.165, 1.54) is 18.4 Å². The Morgan fingerprint density at radius 1 is 1.22 bits per heavy atom. The van der Waals surface area contributed by atoms with E-state index in [4.69, 9.17) is 16.3 Å². The third-order valence-electron chi connectivity index (χ3n) is 4.90. The second-order valence-electron chi connectivity index (χ2n) is 6.44. The fourth-order valence-corrected chi connectivity index (χ4v) is 3.62. The van der Waals surface area contributed by atoms with E-state index in [-0.39, 0.29) is 17.9 Å². The van der Waals surface area contributed by atoms with Crippen LogP contribution in [0.1, 0.15) is 37.3 Å². The minimum absolute atomic E-state index is 0.105. The first-order valence-electron chi connectivity index (χ1n) is 8.59. The Balaban J connectivity index is 1.63. The normalized spacial score (nSPS) is 21.3. The maximum atomic E-state index is 12.4. The zero-order valence-corrected chi connectivity index (χ0v) is 14.2. The Morgan fingerprint density at radius 3 is 2.52 bits per heavy atom. The van der Waals surface area contributed by atoms with Crippen LogP contribution in [-0.4, -0.2) is 43.7 Å². The molecule has 23 heavy (non-hydrogen) atoms. The van der Waals surface area contributed by atoms with Crippen LogP contribution < -0.4 is 5.32 Å². The Kier molecular flexibility index (Phi) is 5.92. The summed E-state index contributed by atoms with van der Waals surface area (Å²) in [5.74, 6) is 0.277. The van der Waals surface area contributed by atoms with Crippen molar-refractivity contribution >= 4 is 17.5 Å². The number of amides is 1. The molecule has 0 radical (unpaired) electrons. The van der Waals surface area contributed by atoms with Crippen molar-refractivity contribution in [2.45, 2.75) is 31.7 Å². The zero-order chi connectivity index (χ0) is 16.1. The van der Waals surface area contributed by atoms with Crippen molar-refractivity contribution in [1.29, 1.82) is 0 Å². The third kappa shape index (κ3) is 4.46. The van der Waals surface area contributed by atoms with Crippen molar-refractivity contribution in [1.82, 2.24) is 10.2 Å². The largest absolute Gasteiger partial charge is 0.381 e. The molecule has 0 aliphatic carbocycles. The number of likely N-dealkylation sites (tertiary alicyclic amines) is 1. The van der Waals surface area contributed by atoms with Crippen LogP contribution in [0.25, 0.3) is 0 Å². The van der Waals surface area contributed by atoms with Crippen LogP contribution in [0, 0.1) is 5.92 Å². The van der Waals surface area contributed by atoms with E-state index in [0.29, 0.717) is 19.8 Å². The fraction of sp³-hybridized carbons (Fsp3) is 0.611. The predicted octanol–water partition coefficient (Wildman–Crippen LogP) is 3.02. The monoisotopic (exact) mass is 336 g/mol. The molecule has 4 nitrogen and oxygen atoms in total. The molecule has 1 N–H and O–H groups in total. The molecule has 0 unspecified atom stereocenters. The van der Waals surface area contributed by atoms with Crippen molar-refractivity contribution in [3.05, 3.63) is 34.9 Å². The summed E-state index contributed by atoms with van der Waals surface area (Å²) in [4.78, 5) is 14.9. The first-order chi connectivity index (χ1) is 11.2. The molecule has 2 saturated heterocycles. The van der Waals surface area contributed by atoms with Gasteiger partial charge in [-0.15, -0.1) is 0 Å². The van der Waals surface area contributed by atoms with Gasteiger partial charge in [0.2, 0.25) is 5.91 Å². The molecule has 5 heteroatoms. The molecule has 2 aliphatic rings. The van der Waals surface area contributed by atoms with Gasteiger partial charge in [0.25, 0.3) is 0 Å². The summed E-state index contributed by atoms with van der Waals surface area (Å²) in [6.45, 7) is 4.26. The van der Waals surface area contributed by atoms with Gasteiger partial charge in [0.05, 0.1) is 6.04 Å². The zero-order valence-electron chi connectivity index (χ0n) is 13.5. The van der Waals surface area contributed by atoms with Gasteiger partial charge in [0.15, 0.2) is 0 Å². The van der Waals surface area contributed by atoms with Gasteiger partial charge < -0.3 is 10.1 Å². The molecule has 2 fully saturated rings. The predicted molar refractivity (Wildman–Crippen MR) is 91.6 cm³/mol. The molecule has 0 spiro atoms. The molecule has 0 aromatic heterocycles. The van der Waals surface area contributed by atoms with Gasteiger partial charge in [-0.2, -0.15) is 0 Å². The van der Waals surface area contributed by atoms with Gasteiger partial charge in [-0.3, -0.25) is 9.69 Å². The lowest BCUT2D eigenvalue weighted by atomic mass is 9.99. The minimum Gasteiger partial charge on any atom is -0.381 e. The summed E-state index contributed by atoms with van der Waals surface area (Å²) in [6, 6.07) is 8.25. The molecular weight excluding hydrogens is 312 g/mol. The lowest BCUT2D eigenvalue weighted by Crippen LogP contribution is -2.40. The highest BCUT2D eigenvalue weighted by atomic mass is 35.5. The first kappa shape index (κ1) is 16.7. The molecule has 1 atom stereocenters. The fourth-order valence-electron chi connectivity index (χ4n) is 3.50. The summed E-state index contributed by atoms with van der Waals surface area (Å²) in [5.41, 5.74) is 1.23. The van der Waals surface area contributed by atoms with Crippen molar-refractivity contribution in [3.63, 3.8) is 0 Å². The molecule has 0 saturated carbocycles. The van der Waals surface area contributed by atoms with Gasteiger partial charge in [-0.05, 0) is 56.5 Å². The maximum absolute atomic E-state index is 12.4. The number of nitrogens with one attached hydrogen (secondary N) is 1. The number of nitrogens with zero attached hydrogens (tertiary/aromatic N) is 1. The van der Waals surface area contributed by atoms with Gasteiger partial charge in [0, 0.05) is 30.7 Å². The smallest absolute Gasteiger partial charge is 0.223 e. The molecule has 0 bridgehead atoms. The third-order valence-corrected chi connectivity index (χ3v) is 5.15. The molecule has 1 aromatic rings. The summed E-state index contributed by atoms with van der Waals surface area (Å²) < 4.78 is 5.34. The number of carbonyl (C=O) groups excluding carboxylic acids is 1. The first-order valence-corrected chi connectivity index (χ1v) is 8.97. The number of hydrogen-bond donors (Lipinski definition) is 1. The summed E-state index contributed by atoms with van der Waals surface area (Å²) >= 11 is 6.01. The van der Waals surface area contributed by atoms with Crippen molar-refractivity contribution in [2.24, 2.45) is 5.92 Å². The minimum atomic E-state index is 0.105. The van der Waals surface area contributed by atoms with E-state index in [2.05, 4.69) is 22.3 Å². The molecule has 2 aliphatic heterocycles. The highest BCUT2D eigenvalue weighted by Crippen LogP contribution is 2.26. The number of carbonyl (C=O) groups is 1. The Morgan fingerprint density at radius 2 is 1.87 bits per heavy atom. The number of hydrogen-bond acceptors (Lipinski definition) is 3. The van der Waals surface area contributed by atoms with Crippen LogP contribution >= 0.6 is 11.6 Å². The molecule has 3 rings (SSSR count). The van der Waals surface area contributed by atoms with Gasteiger partial charge in [0.1, 0.15) is 0 Å². The van der Waals surface area contributed by atoms with Gasteiger partial charge in [-0.1, -0.05) is 23.7 Å². The Bertz CT molecular complexity index is 508. The summed E-state index contributed by atoms with van der Waals surface area (Å²) in [7, 11) is 0. The molecular formula is C18H25ClN2O2. The molecule has 1 aromatic carbocycles. The van der Waals surface area contributed by atoms with Gasteiger partial charge >= 0.3 is 0 Å². The van der Waals surface area contributed by atoms with Crippen LogP contribution in [0.5, 0.6) is 0 Å². The van der Waals surface area contributed by atoms with E-state index in [1.54, 1.807) is 0 Å². The summed E-state index contributed by atoms with van der Waals surface area (Å²) in [5, 5.41) is 3.92. The van der Waals surface area contributed by atoms with Crippen LogP contribution in [-0.2, 0) is 9.53 Å². The Hall–Kier alpha value is -1.10. The number of benzene rings is 1. The van der Waals surface area contributed by atoms with Crippen LogP contribution in [0.4, 0.5) is 0 Å². The average molecular weight is 337 g/mol. The van der Waals surface area contributed by atoms with E-state index >= 15 is 0 Å². The second kappa shape index (κ2) is 8.13. The van der Waals surface area contributed by atoms with Crippen molar-refractivity contribution in [3.8, 4) is 0 Å². The van der Waals surface area contributed by atoms with Crippen molar-refractivity contribution < 1.29 is 9.53 Å². The van der Waals surface area contributed by atoms with E-state index < -0.39 is 0 Å². The second-order valence-corrected chi connectivity index (χ2v) is 6.88. The van der Waals surface area contributed by atoms with Crippen LogP contribution in [0.15, 0.2) is 24.3 Å². The lowest BCUT2D eigenvalue weighted by Gasteiger charge is -2.29. The lowest BCUT2D eigenvalue weighted by molar-refractivity contribution is -0.128. The topological polar surface area (TPSA) is 41.6 Å². The highest BCUT2D eigenvalue weighted by molar-refractivity contribution is 6.30. The molecule has 126 valence electrons. The maximum Gasteiger partial charge on any atom is 0.223 e. The molecule has 2 heterocycles. The van der Waals surface area contributed by atoms with Crippen molar-refractivity contribution in [2.75, 3.05) is 32.8 Å². The molecule has 1 amide bonds. The average Bonchev–Trinajstić information content (AvgIpc) is 3.11. The van der Waals surface area contributed by atoms with Crippen LogP contribution in [0.2, 0.25) is 5.02 Å².